The van der Waals surface area contributed by atoms with Crippen molar-refractivity contribution in [3.63, 3.8) is 0 Å². The minimum absolute atomic E-state index is 0.0886. The van der Waals surface area contributed by atoms with Gasteiger partial charge in [-0.3, -0.25) is 9.78 Å². The lowest BCUT2D eigenvalue weighted by Crippen LogP contribution is -2.35. The zero-order valence-corrected chi connectivity index (χ0v) is 15.8. The van der Waals surface area contributed by atoms with Gasteiger partial charge < -0.3 is 10.2 Å². The molecule has 3 rings (SSSR count). The Morgan fingerprint density at radius 2 is 1.81 bits per heavy atom. The van der Waals surface area contributed by atoms with Crippen molar-refractivity contribution in [2.75, 3.05) is 20.6 Å². The van der Waals surface area contributed by atoms with Gasteiger partial charge in [-0.05, 0) is 44.3 Å². The molecule has 0 saturated carbocycles. The molecule has 0 fully saturated rings. The van der Waals surface area contributed by atoms with E-state index in [0.29, 0.717) is 17.9 Å². The van der Waals surface area contributed by atoms with Gasteiger partial charge in [0.25, 0.3) is 5.91 Å². The molecule has 0 saturated heterocycles. The summed E-state index contributed by atoms with van der Waals surface area (Å²) in [5.74, 6) is 0.360. The molecule has 1 N–H and O–H groups in total. The predicted molar refractivity (Wildman–Crippen MR) is 105 cm³/mol. The van der Waals surface area contributed by atoms with Gasteiger partial charge in [0.2, 0.25) is 0 Å². The Balaban J connectivity index is 1.68. The van der Waals surface area contributed by atoms with E-state index >= 15 is 0 Å². The van der Waals surface area contributed by atoms with E-state index in [0.717, 1.165) is 5.56 Å². The number of aryl methyl sites for hydroxylation is 1. The van der Waals surface area contributed by atoms with Crippen LogP contribution in [-0.2, 0) is 0 Å². The molecule has 6 heteroatoms. The summed E-state index contributed by atoms with van der Waals surface area (Å²) >= 11 is 0. The SMILES string of the molecule is Cc1ccccc1[C@@H](CNC(=O)c1cnc(-c2cccnc2)nc1)N(C)C. The van der Waals surface area contributed by atoms with Crippen LogP contribution in [0.5, 0.6) is 0 Å². The molecule has 3 aromatic rings. The fourth-order valence-corrected chi connectivity index (χ4v) is 2.91. The molecule has 2 heterocycles. The maximum Gasteiger partial charge on any atom is 0.254 e. The summed E-state index contributed by atoms with van der Waals surface area (Å²) < 4.78 is 0. The van der Waals surface area contributed by atoms with Crippen LogP contribution < -0.4 is 5.32 Å². The van der Waals surface area contributed by atoms with Crippen LogP contribution in [-0.4, -0.2) is 46.4 Å². The number of nitrogens with zero attached hydrogens (tertiary/aromatic N) is 4. The summed E-state index contributed by atoms with van der Waals surface area (Å²) in [7, 11) is 4.02. The van der Waals surface area contributed by atoms with E-state index in [1.54, 1.807) is 24.8 Å². The number of hydrogen-bond donors (Lipinski definition) is 1. The molecule has 0 spiro atoms. The van der Waals surface area contributed by atoms with Crippen LogP contribution in [0.1, 0.15) is 27.5 Å². The van der Waals surface area contributed by atoms with Gasteiger partial charge in [0, 0.05) is 36.9 Å². The second kappa shape index (κ2) is 8.51. The monoisotopic (exact) mass is 361 g/mol. The lowest BCUT2D eigenvalue weighted by molar-refractivity contribution is 0.0941. The van der Waals surface area contributed by atoms with Gasteiger partial charge in [0.05, 0.1) is 11.6 Å². The van der Waals surface area contributed by atoms with E-state index in [2.05, 4.69) is 44.2 Å². The third-order valence-corrected chi connectivity index (χ3v) is 4.46. The number of carbonyl (C=O) groups excluding carboxylic acids is 1. The van der Waals surface area contributed by atoms with Crippen LogP contribution in [0.4, 0.5) is 0 Å². The summed E-state index contributed by atoms with van der Waals surface area (Å²) in [5.41, 5.74) is 3.65. The largest absolute Gasteiger partial charge is 0.350 e. The number of likely N-dealkylation sites (N-methyl/N-ethyl adjacent to an activating group) is 1. The summed E-state index contributed by atoms with van der Waals surface area (Å²) in [6.07, 6.45) is 6.48. The Bertz CT molecular complexity index is 894. The molecule has 0 aliphatic carbocycles. The van der Waals surface area contributed by atoms with Crippen LogP contribution in [0.3, 0.4) is 0 Å². The zero-order valence-electron chi connectivity index (χ0n) is 15.8. The Hall–Kier alpha value is -3.12. The molecule has 0 radical (unpaired) electrons. The fourth-order valence-electron chi connectivity index (χ4n) is 2.91. The van der Waals surface area contributed by atoms with E-state index in [-0.39, 0.29) is 11.9 Å². The molecule has 1 aromatic carbocycles. The summed E-state index contributed by atoms with van der Waals surface area (Å²) in [4.78, 5) is 27.2. The van der Waals surface area contributed by atoms with E-state index < -0.39 is 0 Å². The molecule has 6 nitrogen and oxygen atoms in total. The number of hydrogen-bond acceptors (Lipinski definition) is 5. The Morgan fingerprint density at radius 3 is 2.44 bits per heavy atom. The molecular weight excluding hydrogens is 338 g/mol. The van der Waals surface area contributed by atoms with Crippen LogP contribution in [0.15, 0.2) is 61.2 Å². The summed E-state index contributed by atoms with van der Waals surface area (Å²) in [6, 6.07) is 12.0. The Kier molecular flexibility index (Phi) is 5.88. The number of rotatable bonds is 6. The van der Waals surface area contributed by atoms with Crippen LogP contribution >= 0.6 is 0 Å². The number of aromatic nitrogens is 3. The average molecular weight is 361 g/mol. The highest BCUT2D eigenvalue weighted by atomic mass is 16.1. The number of pyridine rings is 1. The molecule has 0 aliphatic heterocycles. The van der Waals surface area contributed by atoms with Crippen molar-refractivity contribution in [2.24, 2.45) is 0 Å². The van der Waals surface area contributed by atoms with Gasteiger partial charge in [0.15, 0.2) is 5.82 Å². The number of benzene rings is 1. The van der Waals surface area contributed by atoms with E-state index in [4.69, 9.17) is 0 Å². The van der Waals surface area contributed by atoms with Crippen molar-refractivity contribution < 1.29 is 4.79 Å². The predicted octanol–water partition coefficient (Wildman–Crippen LogP) is 2.88. The first-order valence-corrected chi connectivity index (χ1v) is 8.79. The highest BCUT2D eigenvalue weighted by Crippen LogP contribution is 2.21. The van der Waals surface area contributed by atoms with Gasteiger partial charge in [-0.25, -0.2) is 9.97 Å². The van der Waals surface area contributed by atoms with Gasteiger partial charge in [0.1, 0.15) is 0 Å². The third kappa shape index (κ3) is 4.54. The maximum absolute atomic E-state index is 12.5. The lowest BCUT2D eigenvalue weighted by atomic mass is 10.0. The van der Waals surface area contributed by atoms with Gasteiger partial charge in [-0.2, -0.15) is 0 Å². The van der Waals surface area contributed by atoms with Crippen molar-refractivity contribution in [3.05, 3.63) is 77.9 Å². The molecule has 0 aliphatic rings. The molecule has 0 unspecified atom stereocenters. The van der Waals surface area contributed by atoms with Crippen molar-refractivity contribution in [1.82, 2.24) is 25.2 Å². The minimum atomic E-state index is -0.187. The zero-order chi connectivity index (χ0) is 19.2. The standard InChI is InChI=1S/C21H23N5O/c1-15-7-4-5-9-18(15)19(26(2)3)14-25-21(27)17-12-23-20(24-13-17)16-8-6-10-22-11-16/h4-13,19H,14H2,1-3H3,(H,25,27)/t19-/m1/s1. The fraction of sp³-hybridized carbons (Fsp3) is 0.238. The summed E-state index contributed by atoms with van der Waals surface area (Å²) in [5, 5.41) is 2.99. The Labute approximate surface area is 159 Å². The quantitative estimate of drug-likeness (QED) is 0.731. The first-order valence-electron chi connectivity index (χ1n) is 8.79. The molecule has 2 aromatic heterocycles. The van der Waals surface area contributed by atoms with Crippen LogP contribution in [0.25, 0.3) is 11.4 Å². The highest BCUT2D eigenvalue weighted by Gasteiger charge is 2.17. The second-order valence-corrected chi connectivity index (χ2v) is 6.58. The molecule has 138 valence electrons. The topological polar surface area (TPSA) is 71.0 Å². The summed E-state index contributed by atoms with van der Waals surface area (Å²) in [6.45, 7) is 2.58. The second-order valence-electron chi connectivity index (χ2n) is 6.58. The Morgan fingerprint density at radius 1 is 1.07 bits per heavy atom. The molecule has 0 bridgehead atoms. The van der Waals surface area contributed by atoms with E-state index in [9.17, 15) is 4.79 Å². The average Bonchev–Trinajstić information content (AvgIpc) is 2.70. The smallest absolute Gasteiger partial charge is 0.254 e. The van der Waals surface area contributed by atoms with Crippen LogP contribution in [0.2, 0.25) is 0 Å². The van der Waals surface area contributed by atoms with Crippen molar-refractivity contribution in [2.45, 2.75) is 13.0 Å². The van der Waals surface area contributed by atoms with E-state index in [1.807, 2.05) is 38.4 Å². The minimum Gasteiger partial charge on any atom is -0.350 e. The molecule has 27 heavy (non-hydrogen) atoms. The van der Waals surface area contributed by atoms with Gasteiger partial charge >= 0.3 is 0 Å². The number of nitrogens with one attached hydrogen (secondary N) is 1. The van der Waals surface area contributed by atoms with Crippen molar-refractivity contribution in [1.29, 1.82) is 0 Å². The van der Waals surface area contributed by atoms with Crippen LogP contribution in [0, 0.1) is 6.92 Å². The molecule has 1 amide bonds. The first-order chi connectivity index (χ1) is 13.1. The highest BCUT2D eigenvalue weighted by molar-refractivity contribution is 5.93. The third-order valence-electron chi connectivity index (χ3n) is 4.46. The normalized spacial score (nSPS) is 12.0. The van der Waals surface area contributed by atoms with Crippen molar-refractivity contribution in [3.8, 4) is 11.4 Å². The number of carbonyl (C=O) groups is 1. The maximum atomic E-state index is 12.5. The molecular formula is C21H23N5O. The van der Waals surface area contributed by atoms with E-state index in [1.165, 1.54) is 11.1 Å². The number of amides is 1. The van der Waals surface area contributed by atoms with Gasteiger partial charge in [-0.15, -0.1) is 0 Å². The lowest BCUT2D eigenvalue weighted by Gasteiger charge is -2.26. The first kappa shape index (κ1) is 18.7. The molecule has 1 atom stereocenters. The van der Waals surface area contributed by atoms with Crippen molar-refractivity contribution >= 4 is 5.91 Å². The van der Waals surface area contributed by atoms with Gasteiger partial charge in [-0.1, -0.05) is 24.3 Å².